The number of hydrogen-bond acceptors (Lipinski definition) is 7. The van der Waals surface area contributed by atoms with Crippen molar-refractivity contribution >= 4 is 19.0 Å². The van der Waals surface area contributed by atoms with Crippen LogP contribution in [0.1, 0.15) is 49.9 Å². The average molecular weight is 443 g/mol. The summed E-state index contributed by atoms with van der Waals surface area (Å²) in [4.78, 5) is 23.5. The molecule has 1 heterocycles. The molecule has 1 aliphatic carbocycles. The molecule has 0 saturated heterocycles. The Hall–Kier alpha value is -2.62. The summed E-state index contributed by atoms with van der Waals surface area (Å²) in [5.41, 5.74) is 2.05. The van der Waals surface area contributed by atoms with E-state index in [4.69, 9.17) is 14.1 Å². The zero-order valence-corrected chi connectivity index (χ0v) is 18.5. The van der Waals surface area contributed by atoms with E-state index >= 15 is 0 Å². The Morgan fingerprint density at radius 1 is 1.28 bits per heavy atom. The number of carbonyl (C=O) groups is 2. The molecule has 1 aromatic rings. The average Bonchev–Trinajstić information content (AvgIpc) is 2.95. The van der Waals surface area contributed by atoms with E-state index in [1.165, 1.54) is 0 Å². The van der Waals surface area contributed by atoms with Crippen LogP contribution in [0.3, 0.4) is 0 Å². The number of nitrogens with one attached hydrogen (secondary N) is 1. The predicted molar refractivity (Wildman–Crippen MR) is 118 cm³/mol. The summed E-state index contributed by atoms with van der Waals surface area (Å²) >= 11 is 0. The largest absolute Gasteiger partial charge is 0.539 e. The molecule has 0 bridgehead atoms. The Labute approximate surface area is 188 Å². The number of carbonyl (C=O) groups excluding carboxylic acids is 2. The van der Waals surface area contributed by atoms with Gasteiger partial charge in [0.2, 0.25) is 5.91 Å². The summed E-state index contributed by atoms with van der Waals surface area (Å²) in [5.74, 6) is -0.0895. The van der Waals surface area contributed by atoms with E-state index < -0.39 is 26.2 Å². The number of esters is 1. The maximum atomic E-state index is 12.0. The van der Waals surface area contributed by atoms with E-state index in [9.17, 15) is 19.7 Å². The summed E-state index contributed by atoms with van der Waals surface area (Å²) in [7, 11) is -1.04. The number of benzene rings is 1. The normalized spacial score (nSPS) is 21.6. The predicted octanol–water partition coefficient (Wildman–Crippen LogP) is 2.54. The van der Waals surface area contributed by atoms with Gasteiger partial charge in [-0.15, -0.1) is 0 Å². The standard InChI is InChI=1S/C23H30BNO7/c1-3-21(26)25-13-19-11-17-9-15(2)10-18(12-20(17)32-24(19)29)23(28)31-14-30-22(27)16-7-5-4-6-8-16/h4-8,10,15,19,23,28-29H,3,9,11-14H2,1-2H3,(H,25,26)/t15?,19-,23?/m1/s1. The third-order valence-corrected chi connectivity index (χ3v) is 5.63. The first-order valence-electron chi connectivity index (χ1n) is 10.9. The van der Waals surface area contributed by atoms with Gasteiger partial charge in [0.05, 0.1) is 11.3 Å². The van der Waals surface area contributed by atoms with Crippen LogP contribution in [0.2, 0.25) is 5.82 Å². The Kier molecular flexibility index (Phi) is 8.49. The summed E-state index contributed by atoms with van der Waals surface area (Å²) in [6, 6.07) is 8.53. The smallest absolute Gasteiger partial charge is 0.527 e. The second-order valence-electron chi connectivity index (χ2n) is 8.19. The second kappa shape index (κ2) is 11.3. The Bertz CT molecular complexity index is 870. The molecule has 3 rings (SSSR count). The highest BCUT2D eigenvalue weighted by Gasteiger charge is 2.37. The molecule has 0 radical (unpaired) electrons. The van der Waals surface area contributed by atoms with E-state index in [0.29, 0.717) is 42.7 Å². The molecule has 0 saturated carbocycles. The van der Waals surface area contributed by atoms with Crippen molar-refractivity contribution in [3.05, 3.63) is 58.9 Å². The molecule has 0 fully saturated rings. The molecule has 9 heteroatoms. The molecule has 3 atom stereocenters. The number of aliphatic hydroxyl groups excluding tert-OH is 1. The molecule has 0 aromatic heterocycles. The first kappa shape index (κ1) is 24.0. The summed E-state index contributed by atoms with van der Waals surface area (Å²) in [6.45, 7) is 3.75. The highest BCUT2D eigenvalue weighted by Crippen LogP contribution is 2.39. The van der Waals surface area contributed by atoms with Gasteiger partial charge < -0.3 is 29.6 Å². The van der Waals surface area contributed by atoms with Gasteiger partial charge in [0.15, 0.2) is 13.1 Å². The van der Waals surface area contributed by atoms with Crippen molar-refractivity contribution in [1.29, 1.82) is 0 Å². The summed E-state index contributed by atoms with van der Waals surface area (Å²) in [5, 5.41) is 23.7. The van der Waals surface area contributed by atoms with Crippen LogP contribution in [-0.4, -0.2) is 48.8 Å². The molecule has 1 aliphatic heterocycles. The minimum atomic E-state index is -1.27. The zero-order valence-electron chi connectivity index (χ0n) is 18.5. The SMILES string of the molecule is CCC(=O)NC[C@H]1CC2=C(CC(C(O)OCOC(=O)c3ccccc3)=CC(C)C2)OB1O. The molecular weight excluding hydrogens is 413 g/mol. The van der Waals surface area contributed by atoms with Gasteiger partial charge in [0.1, 0.15) is 0 Å². The van der Waals surface area contributed by atoms with Crippen molar-refractivity contribution in [3.63, 3.8) is 0 Å². The van der Waals surface area contributed by atoms with Crippen LogP contribution in [0, 0.1) is 5.92 Å². The quantitative estimate of drug-likeness (QED) is 0.245. The number of aliphatic hydroxyl groups is 1. The molecule has 1 amide bonds. The second-order valence-corrected chi connectivity index (χ2v) is 8.19. The number of ether oxygens (including phenoxy) is 2. The fourth-order valence-electron chi connectivity index (χ4n) is 3.91. The van der Waals surface area contributed by atoms with E-state index in [-0.39, 0.29) is 17.6 Å². The van der Waals surface area contributed by atoms with Crippen molar-refractivity contribution in [3.8, 4) is 0 Å². The maximum absolute atomic E-state index is 12.0. The van der Waals surface area contributed by atoms with Crippen molar-refractivity contribution in [2.75, 3.05) is 13.3 Å². The number of amides is 1. The molecule has 1 aromatic carbocycles. The van der Waals surface area contributed by atoms with Crippen LogP contribution in [-0.2, 0) is 18.9 Å². The minimum absolute atomic E-state index is 0.0663. The fourth-order valence-corrected chi connectivity index (χ4v) is 3.91. The van der Waals surface area contributed by atoms with Gasteiger partial charge in [0, 0.05) is 25.2 Å². The summed E-state index contributed by atoms with van der Waals surface area (Å²) in [6.07, 6.45) is 2.66. The molecule has 2 unspecified atom stereocenters. The van der Waals surface area contributed by atoms with Crippen LogP contribution in [0.15, 0.2) is 53.3 Å². The highest BCUT2D eigenvalue weighted by molar-refractivity contribution is 6.45. The molecule has 32 heavy (non-hydrogen) atoms. The lowest BCUT2D eigenvalue weighted by Gasteiger charge is -2.30. The van der Waals surface area contributed by atoms with Gasteiger partial charge in [0.25, 0.3) is 0 Å². The molecule has 3 N–H and O–H groups in total. The Morgan fingerprint density at radius 3 is 2.75 bits per heavy atom. The monoisotopic (exact) mass is 443 g/mol. The lowest BCUT2D eigenvalue weighted by Crippen LogP contribution is -2.38. The van der Waals surface area contributed by atoms with E-state index in [0.717, 1.165) is 12.0 Å². The van der Waals surface area contributed by atoms with Gasteiger partial charge in [-0.3, -0.25) is 4.79 Å². The first-order valence-corrected chi connectivity index (χ1v) is 10.9. The molecule has 8 nitrogen and oxygen atoms in total. The minimum Gasteiger partial charge on any atom is -0.539 e. The van der Waals surface area contributed by atoms with E-state index in [1.807, 2.05) is 13.0 Å². The molecule has 0 spiro atoms. The first-order chi connectivity index (χ1) is 15.4. The van der Waals surface area contributed by atoms with Gasteiger partial charge in [-0.1, -0.05) is 38.1 Å². The number of allylic oxidation sites excluding steroid dienone is 3. The van der Waals surface area contributed by atoms with E-state index in [2.05, 4.69) is 5.32 Å². The van der Waals surface area contributed by atoms with Crippen molar-refractivity contribution in [2.24, 2.45) is 5.92 Å². The van der Waals surface area contributed by atoms with Gasteiger partial charge in [-0.25, -0.2) is 4.79 Å². The lowest BCUT2D eigenvalue weighted by molar-refractivity contribution is -0.134. The highest BCUT2D eigenvalue weighted by atomic mass is 16.7. The van der Waals surface area contributed by atoms with Gasteiger partial charge in [-0.05, 0) is 42.0 Å². The fraction of sp³-hybridized carbons (Fsp3) is 0.478. The third kappa shape index (κ3) is 6.45. The number of rotatable bonds is 8. The molecule has 172 valence electrons. The lowest BCUT2D eigenvalue weighted by atomic mass is 9.66. The van der Waals surface area contributed by atoms with Crippen LogP contribution < -0.4 is 5.32 Å². The maximum Gasteiger partial charge on any atom is 0.527 e. The summed E-state index contributed by atoms with van der Waals surface area (Å²) < 4.78 is 16.2. The van der Waals surface area contributed by atoms with Crippen LogP contribution in [0.5, 0.6) is 0 Å². The van der Waals surface area contributed by atoms with Crippen LogP contribution in [0.4, 0.5) is 0 Å². The van der Waals surface area contributed by atoms with Crippen molar-refractivity contribution < 1.29 is 33.8 Å². The van der Waals surface area contributed by atoms with Gasteiger partial charge in [-0.2, -0.15) is 0 Å². The molecule has 2 aliphatic rings. The zero-order chi connectivity index (χ0) is 23.1. The number of hydrogen-bond donors (Lipinski definition) is 3. The van der Waals surface area contributed by atoms with Crippen molar-refractivity contribution in [1.82, 2.24) is 5.32 Å². The third-order valence-electron chi connectivity index (χ3n) is 5.63. The van der Waals surface area contributed by atoms with E-state index in [1.54, 1.807) is 37.3 Å². The topological polar surface area (TPSA) is 114 Å². The van der Waals surface area contributed by atoms with Gasteiger partial charge >= 0.3 is 13.1 Å². The Balaban J connectivity index is 1.56. The van der Waals surface area contributed by atoms with Crippen LogP contribution >= 0.6 is 0 Å². The van der Waals surface area contributed by atoms with Crippen molar-refractivity contribution in [2.45, 2.75) is 51.6 Å². The van der Waals surface area contributed by atoms with Crippen LogP contribution in [0.25, 0.3) is 0 Å². The Morgan fingerprint density at radius 2 is 2.03 bits per heavy atom. The molecular formula is C23H30BNO7.